The number of likely N-dealkylation sites (tertiary alicyclic amines) is 1. The van der Waals surface area contributed by atoms with Crippen LogP contribution in [0.25, 0.3) is 11.0 Å². The van der Waals surface area contributed by atoms with Crippen molar-refractivity contribution in [2.24, 2.45) is 5.92 Å². The Morgan fingerprint density at radius 2 is 2.29 bits per heavy atom. The van der Waals surface area contributed by atoms with E-state index in [1.54, 1.807) is 23.4 Å². The second kappa shape index (κ2) is 5.55. The van der Waals surface area contributed by atoms with E-state index in [0.29, 0.717) is 18.7 Å². The predicted molar refractivity (Wildman–Crippen MR) is 77.0 cm³/mol. The van der Waals surface area contributed by atoms with Gasteiger partial charge in [-0.25, -0.2) is 4.98 Å². The van der Waals surface area contributed by atoms with Crippen LogP contribution in [-0.4, -0.2) is 44.9 Å². The zero-order valence-corrected chi connectivity index (χ0v) is 11.6. The summed E-state index contributed by atoms with van der Waals surface area (Å²) in [7, 11) is 0. The molecule has 2 aromatic rings. The molecule has 2 heterocycles. The number of rotatable bonds is 3. The first-order chi connectivity index (χ1) is 10.1. The highest BCUT2D eigenvalue weighted by atomic mass is 16.4. The molecule has 0 radical (unpaired) electrons. The summed E-state index contributed by atoms with van der Waals surface area (Å²) in [5.74, 6) is -0.786. The van der Waals surface area contributed by atoms with Crippen molar-refractivity contribution in [2.75, 3.05) is 13.1 Å². The molecule has 0 spiro atoms. The van der Waals surface area contributed by atoms with Gasteiger partial charge in [0.25, 0.3) is 5.91 Å². The van der Waals surface area contributed by atoms with Gasteiger partial charge in [0, 0.05) is 25.1 Å². The highest BCUT2D eigenvalue weighted by Crippen LogP contribution is 2.22. The molecule has 21 heavy (non-hydrogen) atoms. The molecule has 6 nitrogen and oxygen atoms in total. The highest BCUT2D eigenvalue weighted by molar-refractivity contribution is 5.97. The van der Waals surface area contributed by atoms with Crippen LogP contribution >= 0.6 is 0 Å². The topological polar surface area (TPSA) is 86.3 Å². The summed E-state index contributed by atoms with van der Waals surface area (Å²) in [6, 6.07) is 5.38. The number of carbonyl (C=O) groups excluding carboxylic acids is 1. The van der Waals surface area contributed by atoms with E-state index in [4.69, 9.17) is 5.11 Å². The molecule has 0 aliphatic carbocycles. The maximum Gasteiger partial charge on any atom is 0.303 e. The largest absolute Gasteiger partial charge is 0.481 e. The van der Waals surface area contributed by atoms with Gasteiger partial charge in [-0.1, -0.05) is 0 Å². The number of hydrogen-bond donors (Lipinski definition) is 2. The van der Waals surface area contributed by atoms with Gasteiger partial charge in [-0.3, -0.25) is 9.59 Å². The number of nitrogens with one attached hydrogen (secondary N) is 1. The van der Waals surface area contributed by atoms with E-state index in [0.717, 1.165) is 23.9 Å². The van der Waals surface area contributed by atoms with Crippen LogP contribution in [-0.2, 0) is 4.79 Å². The Kier molecular flexibility index (Phi) is 3.60. The smallest absolute Gasteiger partial charge is 0.303 e. The van der Waals surface area contributed by atoms with Crippen molar-refractivity contribution in [3.63, 3.8) is 0 Å². The minimum absolute atomic E-state index is 0.0402. The lowest BCUT2D eigenvalue weighted by atomic mass is 9.94. The Balaban J connectivity index is 1.75. The Hall–Kier alpha value is -2.37. The van der Waals surface area contributed by atoms with E-state index < -0.39 is 5.97 Å². The number of H-pyrrole nitrogens is 1. The maximum atomic E-state index is 12.5. The van der Waals surface area contributed by atoms with Gasteiger partial charge >= 0.3 is 5.97 Å². The van der Waals surface area contributed by atoms with Crippen molar-refractivity contribution in [2.45, 2.75) is 19.3 Å². The third-order valence-corrected chi connectivity index (χ3v) is 3.94. The minimum atomic E-state index is -0.798. The van der Waals surface area contributed by atoms with Crippen LogP contribution in [0.3, 0.4) is 0 Å². The van der Waals surface area contributed by atoms with E-state index in [-0.39, 0.29) is 18.2 Å². The van der Waals surface area contributed by atoms with Crippen molar-refractivity contribution in [3.05, 3.63) is 30.1 Å². The molecule has 3 rings (SSSR count). The van der Waals surface area contributed by atoms with Crippen molar-refractivity contribution >= 4 is 22.9 Å². The third kappa shape index (κ3) is 2.89. The molecule has 2 N–H and O–H groups in total. The molecule has 0 bridgehead atoms. The zero-order valence-electron chi connectivity index (χ0n) is 11.6. The van der Waals surface area contributed by atoms with Crippen molar-refractivity contribution in [1.82, 2.24) is 14.9 Å². The van der Waals surface area contributed by atoms with Gasteiger partial charge in [-0.2, -0.15) is 0 Å². The summed E-state index contributed by atoms with van der Waals surface area (Å²) in [5, 5.41) is 8.89. The van der Waals surface area contributed by atoms with Gasteiger partial charge in [-0.15, -0.1) is 0 Å². The number of amides is 1. The number of benzene rings is 1. The lowest BCUT2D eigenvalue weighted by molar-refractivity contribution is -0.138. The number of hydrogen-bond acceptors (Lipinski definition) is 3. The summed E-state index contributed by atoms with van der Waals surface area (Å²) in [6.45, 7) is 1.21. The molecule has 1 amide bonds. The van der Waals surface area contributed by atoms with Gasteiger partial charge < -0.3 is 15.0 Å². The average molecular weight is 287 g/mol. The van der Waals surface area contributed by atoms with Crippen molar-refractivity contribution in [3.8, 4) is 0 Å². The molecule has 6 heteroatoms. The third-order valence-electron chi connectivity index (χ3n) is 3.94. The quantitative estimate of drug-likeness (QED) is 0.902. The van der Waals surface area contributed by atoms with Gasteiger partial charge in [0.05, 0.1) is 17.4 Å². The van der Waals surface area contributed by atoms with E-state index in [2.05, 4.69) is 9.97 Å². The summed E-state index contributed by atoms with van der Waals surface area (Å²) in [5.41, 5.74) is 2.27. The van der Waals surface area contributed by atoms with E-state index in [1.165, 1.54) is 0 Å². The fourth-order valence-electron chi connectivity index (χ4n) is 2.91. The fourth-order valence-corrected chi connectivity index (χ4v) is 2.91. The summed E-state index contributed by atoms with van der Waals surface area (Å²) < 4.78 is 0. The number of carboxylic acids is 1. The molecule has 1 aromatic heterocycles. The Labute approximate surface area is 121 Å². The average Bonchev–Trinajstić information content (AvgIpc) is 2.93. The number of aromatic nitrogens is 2. The first-order valence-corrected chi connectivity index (χ1v) is 7.07. The first kappa shape index (κ1) is 13.6. The molecular weight excluding hydrogens is 270 g/mol. The Morgan fingerprint density at radius 3 is 3.10 bits per heavy atom. The molecule has 1 unspecified atom stereocenters. The minimum Gasteiger partial charge on any atom is -0.481 e. The molecule has 1 aromatic carbocycles. The van der Waals surface area contributed by atoms with Crippen LogP contribution in [0.4, 0.5) is 0 Å². The van der Waals surface area contributed by atoms with Gasteiger partial charge in [0.15, 0.2) is 0 Å². The second-order valence-electron chi connectivity index (χ2n) is 5.49. The van der Waals surface area contributed by atoms with Crippen LogP contribution in [0.5, 0.6) is 0 Å². The number of aliphatic carboxylic acids is 1. The number of nitrogens with zero attached hydrogens (tertiary/aromatic N) is 2. The van der Waals surface area contributed by atoms with Crippen LogP contribution in [0.2, 0.25) is 0 Å². The van der Waals surface area contributed by atoms with E-state index in [9.17, 15) is 9.59 Å². The zero-order chi connectivity index (χ0) is 14.8. The Morgan fingerprint density at radius 1 is 1.43 bits per heavy atom. The predicted octanol–water partition coefficient (Wildman–Crippen LogP) is 1.89. The number of carboxylic acid groups (broad SMARTS) is 1. The lowest BCUT2D eigenvalue weighted by Gasteiger charge is -2.32. The SMILES string of the molecule is O=C(O)CC1CCCN(C(=O)c2ccc3nc[nH]c3c2)C1. The summed E-state index contributed by atoms with van der Waals surface area (Å²) >= 11 is 0. The number of carbonyl (C=O) groups is 2. The number of imidazole rings is 1. The van der Waals surface area contributed by atoms with E-state index in [1.807, 2.05) is 6.07 Å². The fraction of sp³-hybridized carbons (Fsp3) is 0.400. The Bertz CT molecular complexity index is 680. The van der Waals surface area contributed by atoms with Crippen molar-refractivity contribution < 1.29 is 14.7 Å². The maximum absolute atomic E-state index is 12.5. The molecule has 1 aliphatic heterocycles. The molecule has 1 aliphatic rings. The van der Waals surface area contributed by atoms with Crippen molar-refractivity contribution in [1.29, 1.82) is 0 Å². The first-order valence-electron chi connectivity index (χ1n) is 7.07. The van der Waals surface area contributed by atoms with Crippen LogP contribution in [0.1, 0.15) is 29.6 Å². The van der Waals surface area contributed by atoms with Crippen LogP contribution < -0.4 is 0 Å². The summed E-state index contributed by atoms with van der Waals surface area (Å²) in [4.78, 5) is 32.2. The lowest BCUT2D eigenvalue weighted by Crippen LogP contribution is -2.40. The molecule has 0 saturated carbocycles. The summed E-state index contributed by atoms with van der Waals surface area (Å²) in [6.07, 6.45) is 3.46. The standard InChI is InChI=1S/C15H17N3O3/c19-14(20)6-10-2-1-5-18(8-10)15(21)11-3-4-12-13(7-11)17-9-16-12/h3-4,7,9-10H,1-2,5-6,8H2,(H,16,17)(H,19,20). The van der Waals surface area contributed by atoms with Gasteiger partial charge in [0.1, 0.15) is 0 Å². The normalized spacial score (nSPS) is 18.9. The monoisotopic (exact) mass is 287 g/mol. The number of piperidine rings is 1. The second-order valence-corrected chi connectivity index (χ2v) is 5.49. The van der Waals surface area contributed by atoms with Gasteiger partial charge in [-0.05, 0) is 37.0 Å². The molecule has 1 atom stereocenters. The molecule has 1 fully saturated rings. The van der Waals surface area contributed by atoms with E-state index >= 15 is 0 Å². The van der Waals surface area contributed by atoms with Crippen LogP contribution in [0, 0.1) is 5.92 Å². The number of aromatic amines is 1. The number of fused-ring (bicyclic) bond motifs is 1. The van der Waals surface area contributed by atoms with Gasteiger partial charge in [0.2, 0.25) is 0 Å². The highest BCUT2D eigenvalue weighted by Gasteiger charge is 2.26. The molecule has 1 saturated heterocycles. The molecule has 110 valence electrons. The molecular formula is C15H17N3O3. The van der Waals surface area contributed by atoms with Crippen LogP contribution in [0.15, 0.2) is 24.5 Å².